The number of aliphatic hydroxyl groups is 1. The Labute approximate surface area is 96.6 Å². The van der Waals surface area contributed by atoms with Gasteiger partial charge in [0.2, 0.25) is 5.91 Å². The van der Waals surface area contributed by atoms with Crippen LogP contribution >= 0.6 is 0 Å². The van der Waals surface area contributed by atoms with Crippen LogP contribution in [-0.4, -0.2) is 49.0 Å². The van der Waals surface area contributed by atoms with E-state index in [2.05, 4.69) is 10.6 Å². The number of ether oxygens (including phenoxy) is 1. The van der Waals surface area contributed by atoms with Crippen molar-refractivity contribution in [2.24, 2.45) is 0 Å². The highest BCUT2D eigenvalue weighted by Gasteiger charge is 2.20. The minimum atomic E-state index is -0.487. The summed E-state index contributed by atoms with van der Waals surface area (Å²) in [6, 6.07) is 0.214. The van der Waals surface area contributed by atoms with Gasteiger partial charge in [-0.2, -0.15) is 0 Å². The molecule has 0 aromatic heterocycles. The quantitative estimate of drug-likeness (QED) is 0.558. The molecule has 2 unspecified atom stereocenters. The smallest absolute Gasteiger partial charge is 0.220 e. The molecular weight excluding hydrogens is 208 g/mol. The van der Waals surface area contributed by atoms with E-state index in [-0.39, 0.29) is 18.1 Å². The third-order valence-corrected chi connectivity index (χ3v) is 2.48. The van der Waals surface area contributed by atoms with Crippen molar-refractivity contribution in [1.82, 2.24) is 10.6 Å². The molecule has 5 nitrogen and oxygen atoms in total. The van der Waals surface area contributed by atoms with Gasteiger partial charge in [-0.25, -0.2) is 0 Å². The maximum Gasteiger partial charge on any atom is 0.220 e. The molecule has 0 saturated carbocycles. The van der Waals surface area contributed by atoms with Gasteiger partial charge in [0.15, 0.2) is 0 Å². The van der Waals surface area contributed by atoms with Gasteiger partial charge in [-0.3, -0.25) is 4.79 Å². The summed E-state index contributed by atoms with van der Waals surface area (Å²) in [6.45, 7) is 5.44. The van der Waals surface area contributed by atoms with Crippen LogP contribution in [0.1, 0.15) is 26.7 Å². The molecule has 0 spiro atoms. The number of amides is 1. The topological polar surface area (TPSA) is 70.6 Å². The highest BCUT2D eigenvalue weighted by atomic mass is 16.5. The molecule has 1 rings (SSSR count). The summed E-state index contributed by atoms with van der Waals surface area (Å²) < 4.78 is 5.28. The van der Waals surface area contributed by atoms with E-state index >= 15 is 0 Å². The van der Waals surface area contributed by atoms with Gasteiger partial charge >= 0.3 is 0 Å². The monoisotopic (exact) mass is 230 g/mol. The largest absolute Gasteiger partial charge is 0.389 e. The van der Waals surface area contributed by atoms with E-state index in [9.17, 15) is 9.90 Å². The van der Waals surface area contributed by atoms with Crippen molar-refractivity contribution >= 4 is 5.91 Å². The molecule has 0 bridgehead atoms. The van der Waals surface area contributed by atoms with Crippen LogP contribution in [0, 0.1) is 0 Å². The second-order valence-electron chi connectivity index (χ2n) is 4.50. The Morgan fingerprint density at radius 1 is 1.62 bits per heavy atom. The molecule has 1 heterocycles. The normalized spacial score (nSPS) is 22.5. The average molecular weight is 230 g/mol. The molecule has 2 atom stereocenters. The molecule has 1 fully saturated rings. The molecule has 0 aromatic rings. The van der Waals surface area contributed by atoms with Crippen molar-refractivity contribution in [2.75, 3.05) is 19.7 Å². The van der Waals surface area contributed by atoms with Crippen LogP contribution in [0.3, 0.4) is 0 Å². The van der Waals surface area contributed by atoms with E-state index in [1.54, 1.807) is 0 Å². The molecule has 5 heteroatoms. The fraction of sp³-hybridized carbons (Fsp3) is 0.909. The molecule has 0 radical (unpaired) electrons. The number of carbonyl (C=O) groups is 1. The summed E-state index contributed by atoms with van der Waals surface area (Å²) in [5, 5.41) is 15.5. The highest BCUT2D eigenvalue weighted by molar-refractivity contribution is 5.78. The third-order valence-electron chi connectivity index (χ3n) is 2.48. The Hall–Kier alpha value is -0.650. The first-order chi connectivity index (χ1) is 7.58. The predicted octanol–water partition coefficient (Wildman–Crippen LogP) is -0.359. The highest BCUT2D eigenvalue weighted by Crippen LogP contribution is 2.04. The van der Waals surface area contributed by atoms with Crippen LogP contribution in [-0.2, 0) is 9.53 Å². The Morgan fingerprint density at radius 3 is 2.94 bits per heavy atom. The maximum atomic E-state index is 10.9. The number of rotatable bonds is 7. The molecule has 94 valence electrons. The fourth-order valence-corrected chi connectivity index (χ4v) is 1.62. The Kier molecular flexibility index (Phi) is 5.73. The van der Waals surface area contributed by atoms with E-state index in [4.69, 9.17) is 4.74 Å². The Bertz CT molecular complexity index is 221. The summed E-state index contributed by atoms with van der Waals surface area (Å²) in [5.41, 5.74) is 0. The van der Waals surface area contributed by atoms with Gasteiger partial charge in [-0.1, -0.05) is 0 Å². The number of hydrogen-bond acceptors (Lipinski definition) is 4. The van der Waals surface area contributed by atoms with Gasteiger partial charge in [-0.05, 0) is 20.3 Å². The van der Waals surface area contributed by atoms with Gasteiger partial charge in [0, 0.05) is 25.6 Å². The standard InChI is InChI=1S/C11H22N2O3/c1-8(2)16-7-10(14)6-12-5-9-3-4-11(15)13-9/h8-10,12,14H,3-7H2,1-2H3,(H,13,15). The zero-order valence-electron chi connectivity index (χ0n) is 10.0. The summed E-state index contributed by atoms with van der Waals surface area (Å²) >= 11 is 0. The van der Waals surface area contributed by atoms with Gasteiger partial charge in [-0.15, -0.1) is 0 Å². The molecule has 16 heavy (non-hydrogen) atoms. The number of nitrogens with one attached hydrogen (secondary N) is 2. The van der Waals surface area contributed by atoms with E-state index in [1.165, 1.54) is 0 Å². The second kappa shape index (κ2) is 6.83. The lowest BCUT2D eigenvalue weighted by Gasteiger charge is -2.16. The zero-order valence-corrected chi connectivity index (χ0v) is 10.0. The van der Waals surface area contributed by atoms with Crippen LogP contribution in [0.4, 0.5) is 0 Å². The molecule has 1 aliphatic rings. The zero-order chi connectivity index (χ0) is 12.0. The predicted molar refractivity (Wildman–Crippen MR) is 61.1 cm³/mol. The van der Waals surface area contributed by atoms with Crippen LogP contribution in [0.2, 0.25) is 0 Å². The summed E-state index contributed by atoms with van der Waals surface area (Å²) in [5.74, 6) is 0.121. The molecule has 1 saturated heterocycles. The minimum absolute atomic E-state index is 0.121. The van der Waals surface area contributed by atoms with Gasteiger partial charge < -0.3 is 20.5 Å². The van der Waals surface area contributed by atoms with Gasteiger partial charge in [0.25, 0.3) is 0 Å². The van der Waals surface area contributed by atoms with Crippen LogP contribution in [0.25, 0.3) is 0 Å². The number of carbonyl (C=O) groups excluding carboxylic acids is 1. The van der Waals surface area contributed by atoms with Crippen LogP contribution in [0.5, 0.6) is 0 Å². The van der Waals surface area contributed by atoms with Crippen molar-refractivity contribution in [3.63, 3.8) is 0 Å². The first-order valence-corrected chi connectivity index (χ1v) is 5.87. The van der Waals surface area contributed by atoms with Crippen molar-refractivity contribution in [3.05, 3.63) is 0 Å². The Balaban J connectivity index is 1.99. The molecular formula is C11H22N2O3. The molecule has 3 N–H and O–H groups in total. The SMILES string of the molecule is CC(C)OCC(O)CNCC1CCC(=O)N1. The van der Waals surface area contributed by atoms with Crippen molar-refractivity contribution in [1.29, 1.82) is 0 Å². The van der Waals surface area contributed by atoms with Gasteiger partial charge in [0.05, 0.1) is 18.8 Å². The fourth-order valence-electron chi connectivity index (χ4n) is 1.62. The number of aliphatic hydroxyl groups excluding tert-OH is 1. The van der Waals surface area contributed by atoms with Crippen molar-refractivity contribution in [3.8, 4) is 0 Å². The Morgan fingerprint density at radius 2 is 2.38 bits per heavy atom. The van der Waals surface area contributed by atoms with Crippen LogP contribution < -0.4 is 10.6 Å². The molecule has 1 amide bonds. The van der Waals surface area contributed by atoms with Crippen LogP contribution in [0.15, 0.2) is 0 Å². The summed E-state index contributed by atoms with van der Waals surface area (Å²) in [7, 11) is 0. The first-order valence-electron chi connectivity index (χ1n) is 5.87. The summed E-state index contributed by atoms with van der Waals surface area (Å²) in [6.07, 6.45) is 1.15. The van der Waals surface area contributed by atoms with Crippen molar-refractivity contribution in [2.45, 2.75) is 44.9 Å². The average Bonchev–Trinajstić information content (AvgIpc) is 2.61. The molecule has 0 aliphatic carbocycles. The second-order valence-corrected chi connectivity index (χ2v) is 4.50. The first kappa shape index (κ1) is 13.4. The molecule has 1 aliphatic heterocycles. The lowest BCUT2D eigenvalue weighted by molar-refractivity contribution is -0.119. The van der Waals surface area contributed by atoms with E-state index in [0.717, 1.165) is 6.42 Å². The summed E-state index contributed by atoms with van der Waals surface area (Å²) in [4.78, 5) is 10.9. The van der Waals surface area contributed by atoms with E-state index in [1.807, 2.05) is 13.8 Å². The van der Waals surface area contributed by atoms with Gasteiger partial charge in [0.1, 0.15) is 0 Å². The van der Waals surface area contributed by atoms with E-state index < -0.39 is 6.10 Å². The minimum Gasteiger partial charge on any atom is -0.389 e. The maximum absolute atomic E-state index is 10.9. The number of hydrogen-bond donors (Lipinski definition) is 3. The third kappa shape index (κ3) is 5.44. The van der Waals surface area contributed by atoms with E-state index in [0.29, 0.717) is 26.1 Å². The lowest BCUT2D eigenvalue weighted by atomic mass is 10.2. The lowest BCUT2D eigenvalue weighted by Crippen LogP contribution is -2.39. The molecule has 0 aromatic carbocycles. The van der Waals surface area contributed by atoms with Crippen molar-refractivity contribution < 1.29 is 14.6 Å².